The van der Waals surface area contributed by atoms with Crippen molar-refractivity contribution in [2.24, 2.45) is 5.73 Å². The molecule has 0 radical (unpaired) electrons. The van der Waals surface area contributed by atoms with E-state index in [0.29, 0.717) is 11.5 Å². The first-order valence-corrected chi connectivity index (χ1v) is 6.98. The minimum atomic E-state index is -0.519. The van der Waals surface area contributed by atoms with Gasteiger partial charge in [-0.15, -0.1) is 0 Å². The fraction of sp³-hybridized carbons (Fsp3) is 0.250. The molecule has 7 heteroatoms. The number of aromatic nitrogens is 1. The maximum absolute atomic E-state index is 10.8. The van der Waals surface area contributed by atoms with Crippen LogP contribution in [0.15, 0.2) is 42.6 Å². The van der Waals surface area contributed by atoms with Gasteiger partial charge in [-0.05, 0) is 30.3 Å². The number of pyridine rings is 1. The van der Waals surface area contributed by atoms with Gasteiger partial charge in [-0.1, -0.05) is 6.07 Å². The average Bonchev–Trinajstić information content (AvgIpc) is 2.54. The maximum atomic E-state index is 10.8. The smallest absolute Gasteiger partial charge is 0.255 e. The monoisotopic (exact) mass is 337 g/mol. The second-order valence-corrected chi connectivity index (χ2v) is 4.76. The van der Waals surface area contributed by atoms with Crippen LogP contribution in [0.5, 0.6) is 11.5 Å². The number of halogens is 1. The van der Waals surface area contributed by atoms with Gasteiger partial charge in [0.25, 0.3) is 5.91 Å². The van der Waals surface area contributed by atoms with Crippen molar-refractivity contribution in [2.45, 2.75) is 13.1 Å². The summed E-state index contributed by atoms with van der Waals surface area (Å²) in [6, 6.07) is 11.5. The number of ether oxygens (including phenoxy) is 2. The van der Waals surface area contributed by atoms with Gasteiger partial charge in [0, 0.05) is 11.8 Å². The minimum Gasteiger partial charge on any atom is -1.00 e. The zero-order valence-corrected chi connectivity index (χ0v) is 13.6. The normalized spacial score (nSPS) is 9.78. The van der Waals surface area contributed by atoms with Gasteiger partial charge in [-0.2, -0.15) is 0 Å². The Hall–Kier alpha value is -2.31. The van der Waals surface area contributed by atoms with Crippen molar-refractivity contribution in [1.29, 1.82) is 0 Å². The summed E-state index contributed by atoms with van der Waals surface area (Å²) in [5.74, 6) is 0.578. The van der Waals surface area contributed by atoms with E-state index in [1.54, 1.807) is 19.4 Å². The van der Waals surface area contributed by atoms with Gasteiger partial charge < -0.3 is 32.9 Å². The lowest BCUT2D eigenvalue weighted by molar-refractivity contribution is -0.686. The molecule has 2 rings (SSSR count). The maximum Gasteiger partial charge on any atom is 0.255 e. The van der Waals surface area contributed by atoms with Crippen molar-refractivity contribution in [1.82, 2.24) is 4.98 Å². The average molecular weight is 338 g/mol. The highest BCUT2D eigenvalue weighted by atomic mass is 35.5. The number of nitrogens with zero attached hydrogens (tertiary/aromatic N) is 1. The summed E-state index contributed by atoms with van der Waals surface area (Å²) in [6.45, 7) is 1.44. The van der Waals surface area contributed by atoms with Crippen molar-refractivity contribution >= 4 is 5.91 Å². The van der Waals surface area contributed by atoms with Gasteiger partial charge in [-0.3, -0.25) is 9.78 Å². The van der Waals surface area contributed by atoms with Crippen LogP contribution < -0.4 is 32.9 Å². The second-order valence-electron chi connectivity index (χ2n) is 4.76. The number of nitrogens with two attached hydrogens (primary N) is 2. The van der Waals surface area contributed by atoms with Gasteiger partial charge >= 0.3 is 0 Å². The second kappa shape index (κ2) is 9.66. The zero-order chi connectivity index (χ0) is 15.8. The van der Waals surface area contributed by atoms with Gasteiger partial charge in [0.2, 0.25) is 0 Å². The molecular weight excluding hydrogens is 318 g/mol. The molecule has 1 amide bonds. The Bertz CT molecular complexity index is 623. The molecule has 1 aromatic carbocycles. The molecule has 0 aliphatic rings. The Balaban J connectivity index is 0.00000264. The van der Waals surface area contributed by atoms with Gasteiger partial charge in [0.05, 0.1) is 12.8 Å². The Morgan fingerprint density at radius 2 is 2.04 bits per heavy atom. The number of amides is 1. The molecule has 0 aliphatic carbocycles. The molecule has 0 saturated heterocycles. The summed E-state index contributed by atoms with van der Waals surface area (Å²) in [5.41, 5.74) is 7.20. The summed E-state index contributed by atoms with van der Waals surface area (Å²) in [5, 5.41) is 2.15. The number of methoxy groups -OCH3 is 1. The molecule has 0 atom stereocenters. The van der Waals surface area contributed by atoms with E-state index in [2.05, 4.69) is 10.3 Å². The van der Waals surface area contributed by atoms with Crippen LogP contribution in [0.2, 0.25) is 0 Å². The SMILES string of the molecule is COc1cc(C[NH2+]Cc2ccccn2)ccc1OCC(N)=O.[Cl-]. The lowest BCUT2D eigenvalue weighted by Crippen LogP contribution is -3.00. The molecule has 4 N–H and O–H groups in total. The first-order valence-electron chi connectivity index (χ1n) is 6.98. The van der Waals surface area contributed by atoms with Crippen molar-refractivity contribution < 1.29 is 32.0 Å². The molecule has 0 bridgehead atoms. The molecule has 0 fully saturated rings. The summed E-state index contributed by atoms with van der Waals surface area (Å²) < 4.78 is 10.6. The van der Waals surface area contributed by atoms with E-state index >= 15 is 0 Å². The molecule has 0 aliphatic heterocycles. The number of hydrogen-bond donors (Lipinski definition) is 2. The topological polar surface area (TPSA) is 91.1 Å². The van der Waals surface area contributed by atoms with Crippen LogP contribution in [0.3, 0.4) is 0 Å². The predicted octanol–water partition coefficient (Wildman–Crippen LogP) is -2.78. The number of primary amides is 1. The first-order chi connectivity index (χ1) is 10.7. The zero-order valence-electron chi connectivity index (χ0n) is 12.9. The van der Waals surface area contributed by atoms with E-state index in [1.165, 1.54) is 0 Å². The standard InChI is InChI=1S/C16H19N3O3.ClH/c1-21-15-8-12(5-6-14(15)22-11-16(17)20)9-18-10-13-4-2-3-7-19-13;/h2-8,18H,9-11H2,1H3,(H2,17,20);1H. The molecular formula is C16H20ClN3O3. The first kappa shape index (κ1) is 18.7. The third-order valence-electron chi connectivity index (χ3n) is 3.06. The van der Waals surface area contributed by atoms with Crippen molar-refractivity contribution in [3.05, 3.63) is 53.9 Å². The highest BCUT2D eigenvalue weighted by Crippen LogP contribution is 2.27. The fourth-order valence-electron chi connectivity index (χ4n) is 2.01. The summed E-state index contributed by atoms with van der Waals surface area (Å²) >= 11 is 0. The Morgan fingerprint density at radius 1 is 1.22 bits per heavy atom. The lowest BCUT2D eigenvalue weighted by Gasteiger charge is -2.10. The third kappa shape index (κ3) is 6.14. The fourth-order valence-corrected chi connectivity index (χ4v) is 2.01. The number of quaternary nitrogens is 1. The minimum absolute atomic E-state index is 0. The van der Waals surface area contributed by atoms with E-state index in [0.717, 1.165) is 24.3 Å². The number of carbonyl (C=O) groups is 1. The summed E-state index contributed by atoms with van der Waals surface area (Å²) in [4.78, 5) is 15.0. The van der Waals surface area contributed by atoms with Crippen LogP contribution in [0.4, 0.5) is 0 Å². The van der Waals surface area contributed by atoms with Crippen LogP contribution in [-0.4, -0.2) is 24.6 Å². The molecule has 0 unspecified atom stereocenters. The van der Waals surface area contributed by atoms with Crippen LogP contribution in [0.25, 0.3) is 0 Å². The Morgan fingerprint density at radius 3 is 2.70 bits per heavy atom. The molecule has 2 aromatic rings. The molecule has 124 valence electrons. The highest BCUT2D eigenvalue weighted by molar-refractivity contribution is 5.75. The van der Waals surface area contributed by atoms with Crippen LogP contribution in [0, 0.1) is 0 Å². The van der Waals surface area contributed by atoms with E-state index in [-0.39, 0.29) is 19.0 Å². The lowest BCUT2D eigenvalue weighted by atomic mass is 10.2. The van der Waals surface area contributed by atoms with E-state index in [4.69, 9.17) is 15.2 Å². The number of rotatable bonds is 8. The molecule has 1 aromatic heterocycles. The van der Waals surface area contributed by atoms with Crippen molar-refractivity contribution in [3.8, 4) is 11.5 Å². The van der Waals surface area contributed by atoms with Crippen molar-refractivity contribution in [3.63, 3.8) is 0 Å². The van der Waals surface area contributed by atoms with Crippen LogP contribution in [0.1, 0.15) is 11.3 Å². The van der Waals surface area contributed by atoms with Crippen LogP contribution >= 0.6 is 0 Å². The molecule has 1 heterocycles. The van der Waals surface area contributed by atoms with Crippen LogP contribution in [-0.2, 0) is 17.9 Å². The molecule has 23 heavy (non-hydrogen) atoms. The Kier molecular flexibility index (Phi) is 7.87. The van der Waals surface area contributed by atoms with E-state index < -0.39 is 5.91 Å². The summed E-state index contributed by atoms with van der Waals surface area (Å²) in [6.07, 6.45) is 1.79. The van der Waals surface area contributed by atoms with Gasteiger partial charge in [0.1, 0.15) is 13.1 Å². The van der Waals surface area contributed by atoms with Gasteiger partial charge in [0.15, 0.2) is 18.1 Å². The number of benzene rings is 1. The largest absolute Gasteiger partial charge is 1.00 e. The number of hydrogen-bond acceptors (Lipinski definition) is 4. The Labute approximate surface area is 141 Å². The predicted molar refractivity (Wildman–Crippen MR) is 81.3 cm³/mol. The summed E-state index contributed by atoms with van der Waals surface area (Å²) in [7, 11) is 1.56. The molecule has 0 saturated carbocycles. The number of carbonyl (C=O) groups excluding carboxylic acids is 1. The third-order valence-corrected chi connectivity index (χ3v) is 3.06. The van der Waals surface area contributed by atoms with E-state index in [9.17, 15) is 4.79 Å². The van der Waals surface area contributed by atoms with E-state index in [1.807, 2.05) is 30.3 Å². The molecule has 0 spiro atoms. The van der Waals surface area contributed by atoms with Gasteiger partial charge in [-0.25, -0.2) is 0 Å². The highest BCUT2D eigenvalue weighted by Gasteiger charge is 2.08. The van der Waals surface area contributed by atoms with Crippen molar-refractivity contribution in [2.75, 3.05) is 13.7 Å². The quantitative estimate of drug-likeness (QED) is 0.545. The molecule has 6 nitrogen and oxygen atoms in total.